The van der Waals surface area contributed by atoms with Gasteiger partial charge in [0.25, 0.3) is 0 Å². The van der Waals surface area contributed by atoms with E-state index in [2.05, 4.69) is 58.7 Å². The van der Waals surface area contributed by atoms with Crippen LogP contribution in [0.1, 0.15) is 61.3 Å². The van der Waals surface area contributed by atoms with Gasteiger partial charge in [-0.15, -0.1) is 0 Å². The number of hydrogen-bond donors (Lipinski definition) is 1. The monoisotopic (exact) mass is 280 g/mol. The molecule has 0 aromatic carbocycles. The van der Waals surface area contributed by atoms with Gasteiger partial charge in [-0.05, 0) is 35.5 Å². The van der Waals surface area contributed by atoms with E-state index < -0.39 is 0 Å². The van der Waals surface area contributed by atoms with Crippen LogP contribution in [0, 0.1) is 22.7 Å². The van der Waals surface area contributed by atoms with Crippen LogP contribution in [0.5, 0.6) is 0 Å². The molecule has 2 aliphatic rings. The van der Waals surface area contributed by atoms with Crippen LogP contribution in [0.15, 0.2) is 0 Å². The standard InChI is InChI=1S/C18H36N2/c1-8-15-10-19-14(9-13(2)3)11-20(15)12-16-17(4,5)18(16,6)7/h13-16,19H,8-12H2,1-7H3. The first-order chi connectivity index (χ1) is 9.20. The molecule has 0 spiro atoms. The van der Waals surface area contributed by atoms with Gasteiger partial charge in [-0.25, -0.2) is 0 Å². The predicted octanol–water partition coefficient (Wildman–Crippen LogP) is 3.77. The third kappa shape index (κ3) is 2.92. The zero-order valence-corrected chi connectivity index (χ0v) is 14.8. The van der Waals surface area contributed by atoms with Gasteiger partial charge in [0.05, 0.1) is 0 Å². The van der Waals surface area contributed by atoms with Crippen molar-refractivity contribution in [1.29, 1.82) is 0 Å². The Bertz CT molecular complexity index is 318. The average Bonchev–Trinajstić information content (AvgIpc) is 2.71. The molecule has 20 heavy (non-hydrogen) atoms. The molecule has 2 rings (SSSR count). The highest BCUT2D eigenvalue weighted by atomic mass is 15.2. The highest BCUT2D eigenvalue weighted by Crippen LogP contribution is 2.68. The molecule has 0 bridgehead atoms. The largest absolute Gasteiger partial charge is 0.311 e. The van der Waals surface area contributed by atoms with Crippen LogP contribution >= 0.6 is 0 Å². The first-order valence-corrected chi connectivity index (χ1v) is 8.67. The third-order valence-electron chi connectivity index (χ3n) is 6.58. The second-order valence-corrected chi connectivity index (χ2v) is 8.75. The maximum atomic E-state index is 3.77. The number of rotatable bonds is 5. The molecule has 0 aromatic rings. The Hall–Kier alpha value is -0.0800. The molecule has 0 amide bonds. The molecule has 2 atom stereocenters. The van der Waals surface area contributed by atoms with E-state index in [4.69, 9.17) is 0 Å². The van der Waals surface area contributed by atoms with Crippen LogP contribution in [0.2, 0.25) is 0 Å². The van der Waals surface area contributed by atoms with Gasteiger partial charge in [0, 0.05) is 31.7 Å². The van der Waals surface area contributed by atoms with Crippen LogP contribution in [-0.4, -0.2) is 36.6 Å². The zero-order chi connectivity index (χ0) is 15.1. The van der Waals surface area contributed by atoms with Crippen molar-refractivity contribution in [3.63, 3.8) is 0 Å². The molecule has 118 valence electrons. The third-order valence-corrected chi connectivity index (χ3v) is 6.58. The van der Waals surface area contributed by atoms with E-state index in [-0.39, 0.29) is 0 Å². The number of piperazine rings is 1. The van der Waals surface area contributed by atoms with Gasteiger partial charge >= 0.3 is 0 Å². The van der Waals surface area contributed by atoms with E-state index in [0.29, 0.717) is 16.9 Å². The predicted molar refractivity (Wildman–Crippen MR) is 87.9 cm³/mol. The summed E-state index contributed by atoms with van der Waals surface area (Å²) >= 11 is 0. The molecule has 1 aliphatic carbocycles. The van der Waals surface area contributed by atoms with Crippen LogP contribution in [-0.2, 0) is 0 Å². The van der Waals surface area contributed by atoms with Crippen molar-refractivity contribution in [1.82, 2.24) is 10.2 Å². The Morgan fingerprint density at radius 2 is 1.75 bits per heavy atom. The van der Waals surface area contributed by atoms with Crippen molar-refractivity contribution < 1.29 is 0 Å². The summed E-state index contributed by atoms with van der Waals surface area (Å²) in [6.45, 7) is 20.6. The van der Waals surface area contributed by atoms with Gasteiger partial charge in [-0.1, -0.05) is 48.5 Å². The average molecular weight is 280 g/mol. The molecule has 1 saturated heterocycles. The smallest absolute Gasteiger partial charge is 0.0218 e. The highest BCUT2D eigenvalue weighted by molar-refractivity contribution is 5.13. The molecule has 2 unspecified atom stereocenters. The summed E-state index contributed by atoms with van der Waals surface area (Å²) in [7, 11) is 0. The molecule has 1 saturated carbocycles. The van der Waals surface area contributed by atoms with Crippen LogP contribution < -0.4 is 5.32 Å². The van der Waals surface area contributed by atoms with Gasteiger partial charge in [-0.3, -0.25) is 4.90 Å². The van der Waals surface area contributed by atoms with E-state index in [0.717, 1.165) is 17.9 Å². The van der Waals surface area contributed by atoms with E-state index in [1.165, 1.54) is 32.5 Å². The summed E-state index contributed by atoms with van der Waals surface area (Å²) < 4.78 is 0. The minimum absolute atomic E-state index is 0.518. The first kappa shape index (κ1) is 16.3. The molecular formula is C18H36N2. The number of nitrogens with one attached hydrogen (secondary N) is 1. The van der Waals surface area contributed by atoms with Crippen molar-refractivity contribution in [3.8, 4) is 0 Å². The van der Waals surface area contributed by atoms with E-state index in [1.807, 2.05) is 0 Å². The number of hydrogen-bond acceptors (Lipinski definition) is 2. The fourth-order valence-corrected chi connectivity index (χ4v) is 4.31. The topological polar surface area (TPSA) is 15.3 Å². The maximum absolute atomic E-state index is 3.77. The summed E-state index contributed by atoms with van der Waals surface area (Å²) in [6.07, 6.45) is 2.58. The van der Waals surface area contributed by atoms with Gasteiger partial charge in [0.2, 0.25) is 0 Å². The van der Waals surface area contributed by atoms with Crippen LogP contribution in [0.4, 0.5) is 0 Å². The van der Waals surface area contributed by atoms with Crippen molar-refractivity contribution >= 4 is 0 Å². The number of nitrogens with zero attached hydrogens (tertiary/aromatic N) is 1. The second-order valence-electron chi connectivity index (χ2n) is 8.75. The minimum Gasteiger partial charge on any atom is -0.311 e. The SMILES string of the molecule is CCC1CNC(CC(C)C)CN1CC1C(C)(C)C1(C)C. The molecule has 2 nitrogen and oxygen atoms in total. The van der Waals surface area contributed by atoms with Gasteiger partial charge < -0.3 is 5.32 Å². The Morgan fingerprint density at radius 3 is 2.20 bits per heavy atom. The molecule has 2 fully saturated rings. The fraction of sp³-hybridized carbons (Fsp3) is 1.00. The van der Waals surface area contributed by atoms with Crippen molar-refractivity contribution in [2.75, 3.05) is 19.6 Å². The molecule has 0 aromatic heterocycles. The van der Waals surface area contributed by atoms with E-state index in [1.54, 1.807) is 0 Å². The summed E-state index contributed by atoms with van der Waals surface area (Å²) in [4.78, 5) is 2.80. The lowest BCUT2D eigenvalue weighted by Gasteiger charge is -2.41. The normalized spacial score (nSPS) is 33.6. The zero-order valence-electron chi connectivity index (χ0n) is 14.8. The van der Waals surface area contributed by atoms with Crippen LogP contribution in [0.25, 0.3) is 0 Å². The molecular weight excluding hydrogens is 244 g/mol. The quantitative estimate of drug-likeness (QED) is 0.825. The Kier molecular flexibility index (Phi) is 4.57. The van der Waals surface area contributed by atoms with Gasteiger partial charge in [0.1, 0.15) is 0 Å². The lowest BCUT2D eigenvalue weighted by molar-refractivity contribution is 0.107. The summed E-state index contributed by atoms with van der Waals surface area (Å²) in [6, 6.07) is 1.44. The lowest BCUT2D eigenvalue weighted by Crippen LogP contribution is -2.57. The minimum atomic E-state index is 0.518. The molecule has 1 aliphatic heterocycles. The maximum Gasteiger partial charge on any atom is 0.0218 e. The van der Waals surface area contributed by atoms with Crippen LogP contribution in [0.3, 0.4) is 0 Å². The lowest BCUT2D eigenvalue weighted by atomic mass is 9.98. The van der Waals surface area contributed by atoms with Crippen molar-refractivity contribution in [2.24, 2.45) is 22.7 Å². The second kappa shape index (κ2) is 5.61. The van der Waals surface area contributed by atoms with Gasteiger partial charge in [0.15, 0.2) is 0 Å². The summed E-state index contributed by atoms with van der Waals surface area (Å²) in [5.74, 6) is 1.66. The Balaban J connectivity index is 1.96. The molecule has 2 heteroatoms. The fourth-order valence-electron chi connectivity index (χ4n) is 4.31. The molecule has 1 heterocycles. The summed E-state index contributed by atoms with van der Waals surface area (Å²) in [5, 5.41) is 3.77. The molecule has 1 N–H and O–H groups in total. The molecule has 0 radical (unpaired) electrons. The highest BCUT2D eigenvalue weighted by Gasteiger charge is 2.64. The van der Waals surface area contributed by atoms with E-state index >= 15 is 0 Å². The van der Waals surface area contributed by atoms with Gasteiger partial charge in [-0.2, -0.15) is 0 Å². The first-order valence-electron chi connectivity index (χ1n) is 8.67. The Labute approximate surface area is 126 Å². The van der Waals surface area contributed by atoms with Crippen molar-refractivity contribution in [2.45, 2.75) is 73.4 Å². The Morgan fingerprint density at radius 1 is 1.15 bits per heavy atom. The van der Waals surface area contributed by atoms with Crippen molar-refractivity contribution in [3.05, 3.63) is 0 Å². The van der Waals surface area contributed by atoms with E-state index in [9.17, 15) is 0 Å². The summed E-state index contributed by atoms with van der Waals surface area (Å²) in [5.41, 5.74) is 1.04.